The van der Waals surface area contributed by atoms with Gasteiger partial charge in [-0.25, -0.2) is 14.1 Å². The Kier molecular flexibility index (Phi) is 3.61. The molecule has 4 aromatic rings. The van der Waals surface area contributed by atoms with E-state index in [-0.39, 0.29) is 10.8 Å². The Balaban J connectivity index is 1.69. The number of rotatable bonds is 3. The van der Waals surface area contributed by atoms with Crippen molar-refractivity contribution in [3.8, 4) is 0 Å². The van der Waals surface area contributed by atoms with E-state index < -0.39 is 0 Å². The average Bonchev–Trinajstić information content (AvgIpc) is 3.18. The summed E-state index contributed by atoms with van der Waals surface area (Å²) in [5, 5.41) is 9.00. The van der Waals surface area contributed by atoms with Crippen LogP contribution < -0.4 is 4.57 Å². The maximum absolute atomic E-state index is 4.59. The lowest BCUT2D eigenvalue weighted by Gasteiger charge is -2.22. The molecule has 0 unspecified atom stereocenters. The lowest BCUT2D eigenvalue weighted by Crippen LogP contribution is -2.44. The number of hydrogen-bond donors (Lipinski definition) is 0. The summed E-state index contributed by atoms with van der Waals surface area (Å²) in [4.78, 5) is 4.10. The zero-order valence-electron chi connectivity index (χ0n) is 16.0. The van der Waals surface area contributed by atoms with Gasteiger partial charge in [0.2, 0.25) is 0 Å². The summed E-state index contributed by atoms with van der Waals surface area (Å²) in [6, 6.07) is 6.41. The molecular formula is C20H25N6+. The first kappa shape index (κ1) is 16.7. The fourth-order valence-corrected chi connectivity index (χ4v) is 3.40. The second-order valence-electron chi connectivity index (χ2n) is 8.63. The maximum atomic E-state index is 4.59. The van der Waals surface area contributed by atoms with Crippen LogP contribution in [0.5, 0.6) is 0 Å². The molecule has 0 saturated carbocycles. The molecule has 0 spiro atoms. The molecule has 0 aliphatic carbocycles. The standard InChI is InChI=1S/C20H25N6/c1-19(2,3)15-8-17-11-24(14-23-25(17)10-15)12-20(4,5)18-7-6-16-9-21-13-22-26(16)18/h6-11,13-14H,12H2,1-5H3/q+1. The summed E-state index contributed by atoms with van der Waals surface area (Å²) in [7, 11) is 0. The normalized spacial score (nSPS) is 13.0. The van der Waals surface area contributed by atoms with E-state index in [1.165, 1.54) is 5.56 Å². The molecule has 0 aromatic carbocycles. The molecule has 0 N–H and O–H groups in total. The van der Waals surface area contributed by atoms with E-state index in [0.29, 0.717) is 0 Å². The van der Waals surface area contributed by atoms with E-state index >= 15 is 0 Å². The second-order valence-corrected chi connectivity index (χ2v) is 8.63. The topological polar surface area (TPSA) is 51.4 Å². The Morgan fingerprint density at radius 3 is 2.62 bits per heavy atom. The fraction of sp³-hybridized carbons (Fsp3) is 0.400. The minimum absolute atomic E-state index is 0.106. The molecule has 0 fully saturated rings. The summed E-state index contributed by atoms with van der Waals surface area (Å²) in [6.45, 7) is 11.9. The van der Waals surface area contributed by atoms with Crippen molar-refractivity contribution in [1.29, 1.82) is 0 Å². The van der Waals surface area contributed by atoms with E-state index in [0.717, 1.165) is 23.3 Å². The van der Waals surface area contributed by atoms with Crippen LogP contribution in [0.25, 0.3) is 11.0 Å². The molecule has 0 radical (unpaired) electrons. The fourth-order valence-electron chi connectivity index (χ4n) is 3.40. The molecule has 134 valence electrons. The molecule has 26 heavy (non-hydrogen) atoms. The van der Waals surface area contributed by atoms with Crippen LogP contribution in [0, 0.1) is 0 Å². The van der Waals surface area contributed by atoms with Crippen molar-refractivity contribution in [3.05, 3.63) is 60.7 Å². The first-order valence-corrected chi connectivity index (χ1v) is 8.90. The van der Waals surface area contributed by atoms with Crippen molar-refractivity contribution in [2.24, 2.45) is 0 Å². The first-order valence-electron chi connectivity index (χ1n) is 8.90. The van der Waals surface area contributed by atoms with E-state index in [1.807, 2.05) is 21.6 Å². The SMILES string of the molecule is CC(C)(C)c1cc2c[n+](CC(C)(C)c3ccc4cncnn34)cnn2c1. The van der Waals surface area contributed by atoms with Crippen LogP contribution in [-0.4, -0.2) is 24.2 Å². The number of hydrogen-bond acceptors (Lipinski definition) is 3. The van der Waals surface area contributed by atoms with E-state index in [1.54, 1.807) is 6.33 Å². The van der Waals surface area contributed by atoms with Crippen molar-refractivity contribution in [3.63, 3.8) is 0 Å². The van der Waals surface area contributed by atoms with E-state index in [2.05, 4.69) is 85.0 Å². The zero-order chi connectivity index (χ0) is 18.5. The third-order valence-electron chi connectivity index (χ3n) is 4.91. The van der Waals surface area contributed by atoms with Gasteiger partial charge in [0.1, 0.15) is 24.6 Å². The molecular weight excluding hydrogens is 324 g/mol. The van der Waals surface area contributed by atoms with Crippen LogP contribution in [0.15, 0.2) is 49.4 Å². The van der Waals surface area contributed by atoms with Gasteiger partial charge in [0.05, 0.1) is 28.7 Å². The van der Waals surface area contributed by atoms with Gasteiger partial charge in [0, 0.05) is 5.41 Å². The minimum Gasteiger partial charge on any atom is -0.241 e. The molecule has 0 bridgehead atoms. The van der Waals surface area contributed by atoms with Gasteiger partial charge in [-0.05, 0) is 29.2 Å². The van der Waals surface area contributed by atoms with Crippen molar-refractivity contribution in [1.82, 2.24) is 24.2 Å². The highest BCUT2D eigenvalue weighted by molar-refractivity contribution is 5.48. The lowest BCUT2D eigenvalue weighted by atomic mass is 9.89. The summed E-state index contributed by atoms with van der Waals surface area (Å²) in [5.74, 6) is 0. The molecule has 6 heteroatoms. The Morgan fingerprint density at radius 2 is 1.85 bits per heavy atom. The molecule has 0 amide bonds. The van der Waals surface area contributed by atoms with Gasteiger partial charge in [-0.2, -0.15) is 5.10 Å². The number of fused-ring (bicyclic) bond motifs is 2. The Bertz CT molecular complexity index is 1080. The predicted octanol–water partition coefficient (Wildman–Crippen LogP) is 2.94. The molecule has 0 atom stereocenters. The van der Waals surface area contributed by atoms with Gasteiger partial charge in [-0.15, -0.1) is 4.52 Å². The third kappa shape index (κ3) is 2.85. The highest BCUT2D eigenvalue weighted by Crippen LogP contribution is 2.26. The van der Waals surface area contributed by atoms with Gasteiger partial charge in [0.25, 0.3) is 0 Å². The molecule has 4 rings (SSSR count). The smallest absolute Gasteiger partial charge is 0.241 e. The predicted molar refractivity (Wildman–Crippen MR) is 100 cm³/mol. The van der Waals surface area contributed by atoms with Crippen LogP contribution >= 0.6 is 0 Å². The third-order valence-corrected chi connectivity index (χ3v) is 4.91. The molecule has 0 saturated heterocycles. The van der Waals surface area contributed by atoms with Gasteiger partial charge < -0.3 is 0 Å². The summed E-state index contributed by atoms with van der Waals surface area (Å²) >= 11 is 0. The van der Waals surface area contributed by atoms with Crippen molar-refractivity contribution in [2.75, 3.05) is 0 Å². The molecule has 0 aliphatic heterocycles. The maximum Gasteiger partial charge on any atom is 0.312 e. The highest BCUT2D eigenvalue weighted by Gasteiger charge is 2.28. The Hall–Kier alpha value is -2.76. The van der Waals surface area contributed by atoms with Crippen LogP contribution in [0.4, 0.5) is 0 Å². The van der Waals surface area contributed by atoms with Crippen molar-refractivity contribution >= 4 is 11.0 Å². The Labute approximate surface area is 153 Å². The average molecular weight is 349 g/mol. The van der Waals surface area contributed by atoms with Gasteiger partial charge in [-0.3, -0.25) is 0 Å². The summed E-state index contributed by atoms with van der Waals surface area (Å²) in [5.41, 5.74) is 4.57. The second kappa shape index (κ2) is 5.62. The zero-order valence-corrected chi connectivity index (χ0v) is 16.0. The molecule has 4 heterocycles. The monoisotopic (exact) mass is 349 g/mol. The largest absolute Gasteiger partial charge is 0.312 e. The van der Waals surface area contributed by atoms with Crippen LogP contribution in [0.2, 0.25) is 0 Å². The summed E-state index contributed by atoms with van der Waals surface area (Å²) in [6.07, 6.45) is 9.59. The van der Waals surface area contributed by atoms with Crippen LogP contribution in [-0.2, 0) is 17.4 Å². The van der Waals surface area contributed by atoms with Crippen molar-refractivity contribution < 1.29 is 4.57 Å². The lowest BCUT2D eigenvalue weighted by molar-refractivity contribution is -0.706. The quantitative estimate of drug-likeness (QED) is 0.534. The van der Waals surface area contributed by atoms with E-state index in [9.17, 15) is 0 Å². The van der Waals surface area contributed by atoms with Crippen LogP contribution in [0.1, 0.15) is 45.9 Å². The molecule has 4 aromatic heterocycles. The number of aromatic nitrogens is 6. The van der Waals surface area contributed by atoms with Gasteiger partial charge in [-0.1, -0.05) is 34.6 Å². The highest BCUT2D eigenvalue weighted by atomic mass is 15.3. The van der Waals surface area contributed by atoms with E-state index in [4.69, 9.17) is 0 Å². The van der Waals surface area contributed by atoms with Gasteiger partial charge >= 0.3 is 6.33 Å². The molecule has 0 aliphatic rings. The van der Waals surface area contributed by atoms with Crippen LogP contribution in [0.3, 0.4) is 0 Å². The number of nitrogens with zero attached hydrogens (tertiary/aromatic N) is 6. The van der Waals surface area contributed by atoms with Gasteiger partial charge in [0.15, 0.2) is 0 Å². The summed E-state index contributed by atoms with van der Waals surface area (Å²) < 4.78 is 6.07. The Morgan fingerprint density at radius 1 is 1.04 bits per heavy atom. The molecule has 6 nitrogen and oxygen atoms in total. The minimum atomic E-state index is -0.106. The first-order chi connectivity index (χ1) is 12.2. The van der Waals surface area contributed by atoms with Crippen molar-refractivity contribution in [2.45, 2.75) is 52.0 Å².